The highest BCUT2D eigenvalue weighted by Gasteiger charge is 2.15. The van der Waals surface area contributed by atoms with E-state index in [9.17, 15) is 4.39 Å². The van der Waals surface area contributed by atoms with Gasteiger partial charge in [-0.2, -0.15) is 4.98 Å². The first-order chi connectivity index (χ1) is 9.58. The van der Waals surface area contributed by atoms with Crippen LogP contribution in [0.2, 0.25) is 0 Å². The number of ether oxygens (including phenoxy) is 1. The van der Waals surface area contributed by atoms with E-state index in [0.717, 1.165) is 0 Å². The highest BCUT2D eigenvalue weighted by Crippen LogP contribution is 2.26. The van der Waals surface area contributed by atoms with Crippen LogP contribution in [-0.2, 0) is 6.54 Å². The molecule has 0 radical (unpaired) electrons. The number of aromatic nitrogens is 4. The Bertz CT molecular complexity index is 780. The molecule has 7 nitrogen and oxygen atoms in total. The summed E-state index contributed by atoms with van der Waals surface area (Å²) in [7, 11) is 1.40. The fourth-order valence-electron chi connectivity index (χ4n) is 2.01. The normalized spacial score (nSPS) is 11.2. The Morgan fingerprint density at radius 3 is 2.85 bits per heavy atom. The molecule has 0 atom stereocenters. The van der Waals surface area contributed by atoms with E-state index in [4.69, 9.17) is 15.0 Å². The molecule has 1 aromatic carbocycles. The monoisotopic (exact) mass is 277 g/mol. The highest BCUT2D eigenvalue weighted by molar-refractivity contribution is 5.80. The molecule has 0 saturated heterocycles. The SMILES string of the molecule is COc1cc2c(cc1F)nc(N)n2Cc1nc(C)no1. The molecular formula is C12H12FN5O2. The van der Waals surface area contributed by atoms with Crippen molar-refractivity contribution in [2.45, 2.75) is 13.5 Å². The van der Waals surface area contributed by atoms with Gasteiger partial charge in [0.25, 0.3) is 0 Å². The van der Waals surface area contributed by atoms with E-state index >= 15 is 0 Å². The number of fused-ring (bicyclic) bond motifs is 1. The van der Waals surface area contributed by atoms with E-state index in [-0.39, 0.29) is 18.2 Å². The number of nitrogens with zero attached hydrogens (tertiary/aromatic N) is 4. The molecule has 0 bridgehead atoms. The predicted molar refractivity (Wildman–Crippen MR) is 68.8 cm³/mol. The standard InChI is InChI=1S/C12H12FN5O2/c1-6-15-11(20-17-6)5-18-9-4-10(19-2)7(13)3-8(9)16-12(18)14/h3-4H,5H2,1-2H3,(H2,14,16). The third-order valence-corrected chi connectivity index (χ3v) is 2.91. The Morgan fingerprint density at radius 1 is 1.40 bits per heavy atom. The van der Waals surface area contributed by atoms with Gasteiger partial charge in [0.05, 0.1) is 18.1 Å². The molecule has 0 spiro atoms. The number of hydrogen-bond donors (Lipinski definition) is 1. The van der Waals surface area contributed by atoms with Crippen molar-refractivity contribution in [2.75, 3.05) is 12.8 Å². The van der Waals surface area contributed by atoms with Crippen molar-refractivity contribution >= 4 is 17.0 Å². The van der Waals surface area contributed by atoms with Crippen molar-refractivity contribution in [3.63, 3.8) is 0 Å². The third-order valence-electron chi connectivity index (χ3n) is 2.91. The number of rotatable bonds is 3. The number of benzene rings is 1. The fourth-order valence-corrected chi connectivity index (χ4v) is 2.01. The summed E-state index contributed by atoms with van der Waals surface area (Å²) in [4.78, 5) is 8.21. The van der Waals surface area contributed by atoms with Crippen LogP contribution in [-0.4, -0.2) is 26.8 Å². The molecule has 0 saturated carbocycles. The Labute approximate surface area is 113 Å². The van der Waals surface area contributed by atoms with Crippen LogP contribution in [0.1, 0.15) is 11.7 Å². The average molecular weight is 277 g/mol. The summed E-state index contributed by atoms with van der Waals surface area (Å²) in [6.45, 7) is 1.98. The molecule has 104 valence electrons. The van der Waals surface area contributed by atoms with Gasteiger partial charge in [0, 0.05) is 12.1 Å². The largest absolute Gasteiger partial charge is 0.494 e. The van der Waals surface area contributed by atoms with E-state index in [1.165, 1.54) is 19.2 Å². The average Bonchev–Trinajstić information content (AvgIpc) is 2.94. The second kappa shape index (κ2) is 4.48. The Hall–Kier alpha value is -2.64. The maximum atomic E-state index is 13.6. The van der Waals surface area contributed by atoms with Crippen molar-refractivity contribution in [1.82, 2.24) is 19.7 Å². The summed E-state index contributed by atoms with van der Waals surface area (Å²) >= 11 is 0. The van der Waals surface area contributed by atoms with E-state index < -0.39 is 5.82 Å². The van der Waals surface area contributed by atoms with Gasteiger partial charge in [-0.3, -0.25) is 0 Å². The highest BCUT2D eigenvalue weighted by atomic mass is 19.1. The molecule has 3 rings (SSSR count). The number of halogens is 1. The van der Waals surface area contributed by atoms with Gasteiger partial charge in [0.1, 0.15) is 6.54 Å². The molecule has 0 aliphatic rings. The van der Waals surface area contributed by atoms with Crippen LogP contribution in [0.4, 0.5) is 10.3 Å². The van der Waals surface area contributed by atoms with Gasteiger partial charge < -0.3 is 19.6 Å². The number of anilines is 1. The number of imidazole rings is 1. The quantitative estimate of drug-likeness (QED) is 0.780. The first-order valence-electron chi connectivity index (χ1n) is 5.87. The van der Waals surface area contributed by atoms with Gasteiger partial charge in [-0.25, -0.2) is 9.37 Å². The van der Waals surface area contributed by atoms with E-state index in [0.29, 0.717) is 22.7 Å². The van der Waals surface area contributed by atoms with E-state index in [1.54, 1.807) is 11.5 Å². The minimum Gasteiger partial charge on any atom is -0.494 e. The summed E-state index contributed by atoms with van der Waals surface area (Å²) in [5.41, 5.74) is 6.93. The maximum absolute atomic E-state index is 13.6. The third kappa shape index (κ3) is 1.94. The molecule has 0 unspecified atom stereocenters. The molecule has 2 N–H and O–H groups in total. The first kappa shape index (κ1) is 12.4. The van der Waals surface area contributed by atoms with Crippen LogP contribution in [0, 0.1) is 12.7 Å². The molecule has 0 aliphatic heterocycles. The molecule has 0 amide bonds. The molecular weight excluding hydrogens is 265 g/mol. The number of aryl methyl sites for hydroxylation is 1. The van der Waals surface area contributed by atoms with Gasteiger partial charge in [-0.15, -0.1) is 0 Å². The Morgan fingerprint density at radius 2 is 2.20 bits per heavy atom. The van der Waals surface area contributed by atoms with Crippen LogP contribution in [0.15, 0.2) is 16.7 Å². The zero-order valence-corrected chi connectivity index (χ0v) is 10.9. The lowest BCUT2D eigenvalue weighted by molar-refractivity contribution is 0.369. The second-order valence-electron chi connectivity index (χ2n) is 4.27. The summed E-state index contributed by atoms with van der Waals surface area (Å²) in [6.07, 6.45) is 0. The molecule has 8 heteroatoms. The minimum atomic E-state index is -0.488. The molecule has 2 heterocycles. The molecule has 2 aromatic heterocycles. The smallest absolute Gasteiger partial charge is 0.246 e. The number of nitrogen functional groups attached to an aromatic ring is 1. The number of nitrogens with two attached hydrogens (primary N) is 1. The van der Waals surface area contributed by atoms with Crippen LogP contribution in [0.25, 0.3) is 11.0 Å². The van der Waals surface area contributed by atoms with Crippen molar-refractivity contribution in [1.29, 1.82) is 0 Å². The van der Waals surface area contributed by atoms with Gasteiger partial charge in [0.15, 0.2) is 17.4 Å². The lowest BCUT2D eigenvalue weighted by Crippen LogP contribution is -2.05. The van der Waals surface area contributed by atoms with Crippen LogP contribution >= 0.6 is 0 Å². The topological polar surface area (TPSA) is 92.0 Å². The van der Waals surface area contributed by atoms with Crippen LogP contribution in [0.5, 0.6) is 5.75 Å². The van der Waals surface area contributed by atoms with E-state index in [2.05, 4.69) is 15.1 Å². The van der Waals surface area contributed by atoms with Crippen molar-refractivity contribution in [3.8, 4) is 5.75 Å². The lowest BCUT2D eigenvalue weighted by atomic mass is 10.3. The predicted octanol–water partition coefficient (Wildman–Crippen LogP) is 1.51. The number of hydrogen-bond acceptors (Lipinski definition) is 6. The molecule has 0 aliphatic carbocycles. The van der Waals surface area contributed by atoms with Crippen molar-refractivity contribution < 1.29 is 13.7 Å². The maximum Gasteiger partial charge on any atom is 0.246 e. The first-order valence-corrected chi connectivity index (χ1v) is 5.87. The van der Waals surface area contributed by atoms with Gasteiger partial charge >= 0.3 is 0 Å². The number of methoxy groups -OCH3 is 1. The van der Waals surface area contributed by atoms with Gasteiger partial charge in [-0.05, 0) is 6.92 Å². The summed E-state index contributed by atoms with van der Waals surface area (Å²) in [5.74, 6) is 0.811. The molecule has 20 heavy (non-hydrogen) atoms. The Balaban J connectivity index is 2.11. The summed E-state index contributed by atoms with van der Waals surface area (Å²) < 4.78 is 25.3. The molecule has 0 fully saturated rings. The van der Waals surface area contributed by atoms with Gasteiger partial charge in [0.2, 0.25) is 11.8 Å². The van der Waals surface area contributed by atoms with Crippen LogP contribution < -0.4 is 10.5 Å². The van der Waals surface area contributed by atoms with E-state index in [1.807, 2.05) is 0 Å². The van der Waals surface area contributed by atoms with Crippen molar-refractivity contribution in [3.05, 3.63) is 29.7 Å². The van der Waals surface area contributed by atoms with Gasteiger partial charge in [-0.1, -0.05) is 5.16 Å². The van der Waals surface area contributed by atoms with Crippen molar-refractivity contribution in [2.24, 2.45) is 0 Å². The Kier molecular flexibility index (Phi) is 2.78. The minimum absolute atomic E-state index is 0.125. The fraction of sp³-hybridized carbons (Fsp3) is 0.250. The summed E-state index contributed by atoms with van der Waals surface area (Å²) in [6, 6.07) is 2.82. The summed E-state index contributed by atoms with van der Waals surface area (Å²) in [5, 5.41) is 3.71. The lowest BCUT2D eigenvalue weighted by Gasteiger charge is -2.05. The van der Waals surface area contributed by atoms with Crippen LogP contribution in [0.3, 0.4) is 0 Å². The molecule has 3 aromatic rings. The second-order valence-corrected chi connectivity index (χ2v) is 4.27. The zero-order chi connectivity index (χ0) is 14.3. The zero-order valence-electron chi connectivity index (χ0n) is 10.9.